The van der Waals surface area contributed by atoms with Crippen LogP contribution in [0.25, 0.3) is 0 Å². The summed E-state index contributed by atoms with van der Waals surface area (Å²) in [5, 5.41) is 3.45. The topological polar surface area (TPSA) is 49.4 Å². The van der Waals surface area contributed by atoms with Gasteiger partial charge < -0.3 is 10.2 Å². The van der Waals surface area contributed by atoms with Crippen LogP contribution in [0.1, 0.15) is 27.8 Å². The average Bonchev–Trinajstić information content (AvgIpc) is 2.82. The molecular formula is C26H20Cl2F4N2O2. The maximum atomic E-state index is 14.3. The van der Waals surface area contributed by atoms with Gasteiger partial charge in [0.25, 0.3) is 0 Å². The van der Waals surface area contributed by atoms with Crippen molar-refractivity contribution in [2.45, 2.75) is 32.0 Å². The first-order valence-corrected chi connectivity index (χ1v) is 11.8. The molecule has 0 unspecified atom stereocenters. The first kappa shape index (κ1) is 26.0. The monoisotopic (exact) mass is 538 g/mol. The number of nitrogens with zero attached hydrogens (tertiary/aromatic N) is 1. The minimum atomic E-state index is -4.87. The van der Waals surface area contributed by atoms with E-state index < -0.39 is 29.9 Å². The van der Waals surface area contributed by atoms with Crippen molar-refractivity contribution in [2.75, 3.05) is 11.9 Å². The Morgan fingerprint density at radius 3 is 2.39 bits per heavy atom. The number of benzene rings is 3. The third-order valence-electron chi connectivity index (χ3n) is 5.97. The molecular weight excluding hydrogens is 519 g/mol. The van der Waals surface area contributed by atoms with Gasteiger partial charge >= 0.3 is 6.18 Å². The smallest absolute Gasteiger partial charge is 0.338 e. The maximum absolute atomic E-state index is 14.3. The number of nitrogens with one attached hydrogen (secondary N) is 1. The number of amides is 2. The van der Waals surface area contributed by atoms with Crippen molar-refractivity contribution in [3.05, 3.63) is 98.3 Å². The molecule has 4 rings (SSSR count). The molecule has 0 spiro atoms. The van der Waals surface area contributed by atoms with Gasteiger partial charge in [0, 0.05) is 18.1 Å². The minimum absolute atomic E-state index is 0.0662. The van der Waals surface area contributed by atoms with Gasteiger partial charge in [0.05, 0.1) is 29.1 Å². The molecule has 1 heterocycles. The van der Waals surface area contributed by atoms with Crippen molar-refractivity contribution in [3.63, 3.8) is 0 Å². The summed E-state index contributed by atoms with van der Waals surface area (Å²) in [6.07, 6.45) is -4.83. The molecule has 0 saturated heterocycles. The van der Waals surface area contributed by atoms with E-state index in [0.29, 0.717) is 36.3 Å². The molecule has 188 valence electrons. The average molecular weight is 539 g/mol. The van der Waals surface area contributed by atoms with Gasteiger partial charge in [-0.25, -0.2) is 4.39 Å². The lowest BCUT2D eigenvalue weighted by Gasteiger charge is -2.30. The van der Waals surface area contributed by atoms with Crippen molar-refractivity contribution in [2.24, 2.45) is 0 Å². The van der Waals surface area contributed by atoms with Crippen LogP contribution in [-0.4, -0.2) is 23.3 Å². The summed E-state index contributed by atoms with van der Waals surface area (Å²) in [5.41, 5.74) is 0.873. The van der Waals surface area contributed by atoms with E-state index in [-0.39, 0.29) is 22.9 Å². The Labute approximate surface area is 214 Å². The van der Waals surface area contributed by atoms with Gasteiger partial charge in [-0.05, 0) is 52.9 Å². The number of rotatable bonds is 5. The van der Waals surface area contributed by atoms with Crippen LogP contribution in [0.5, 0.6) is 0 Å². The quantitative estimate of drug-likeness (QED) is 0.379. The fourth-order valence-electron chi connectivity index (χ4n) is 4.16. The van der Waals surface area contributed by atoms with Gasteiger partial charge in [-0.2, -0.15) is 13.2 Å². The zero-order valence-electron chi connectivity index (χ0n) is 18.8. The molecule has 0 aliphatic carbocycles. The van der Waals surface area contributed by atoms with E-state index in [9.17, 15) is 27.2 Å². The van der Waals surface area contributed by atoms with Gasteiger partial charge in [0.15, 0.2) is 0 Å². The van der Waals surface area contributed by atoms with E-state index in [4.69, 9.17) is 23.2 Å². The van der Waals surface area contributed by atoms with E-state index in [2.05, 4.69) is 5.32 Å². The number of halogens is 6. The highest BCUT2D eigenvalue weighted by atomic mass is 35.5. The molecule has 1 N–H and O–H groups in total. The Balaban J connectivity index is 1.48. The summed E-state index contributed by atoms with van der Waals surface area (Å²) in [4.78, 5) is 27.2. The number of fused-ring (bicyclic) bond motifs is 1. The molecule has 3 aromatic carbocycles. The summed E-state index contributed by atoms with van der Waals surface area (Å²) >= 11 is 12.2. The number of anilines is 1. The van der Waals surface area contributed by atoms with Crippen LogP contribution in [-0.2, 0) is 41.6 Å². The van der Waals surface area contributed by atoms with Crippen LogP contribution < -0.4 is 5.32 Å². The molecule has 3 aromatic rings. The van der Waals surface area contributed by atoms with E-state index in [0.717, 1.165) is 28.8 Å². The third kappa shape index (κ3) is 5.82. The van der Waals surface area contributed by atoms with Crippen molar-refractivity contribution in [1.82, 2.24) is 4.90 Å². The summed E-state index contributed by atoms with van der Waals surface area (Å²) < 4.78 is 53.3. The van der Waals surface area contributed by atoms with Crippen molar-refractivity contribution in [3.8, 4) is 0 Å². The van der Waals surface area contributed by atoms with Gasteiger partial charge in [-0.3, -0.25) is 9.59 Å². The number of carbonyl (C=O) groups excluding carboxylic acids is 2. The number of hydrogen-bond acceptors (Lipinski definition) is 2. The summed E-state index contributed by atoms with van der Waals surface area (Å²) in [6.45, 7) is 0.703. The number of hydrogen-bond donors (Lipinski definition) is 1. The third-order valence-corrected chi connectivity index (χ3v) is 6.54. The van der Waals surface area contributed by atoms with E-state index in [1.54, 1.807) is 41.3 Å². The predicted molar refractivity (Wildman–Crippen MR) is 129 cm³/mol. The second kappa shape index (κ2) is 10.5. The minimum Gasteiger partial charge on any atom is -0.338 e. The molecule has 0 aromatic heterocycles. The van der Waals surface area contributed by atoms with Crippen LogP contribution >= 0.6 is 23.2 Å². The van der Waals surface area contributed by atoms with Crippen LogP contribution in [0, 0.1) is 5.82 Å². The Bertz CT molecular complexity index is 1310. The molecule has 1 aliphatic rings. The Kier molecular flexibility index (Phi) is 7.57. The molecule has 1 aliphatic heterocycles. The van der Waals surface area contributed by atoms with Crippen LogP contribution in [0.15, 0.2) is 54.6 Å². The highest BCUT2D eigenvalue weighted by Gasteiger charge is 2.35. The molecule has 0 atom stereocenters. The van der Waals surface area contributed by atoms with Gasteiger partial charge in [-0.1, -0.05) is 53.5 Å². The Hall–Kier alpha value is -3.10. The summed E-state index contributed by atoms with van der Waals surface area (Å²) in [7, 11) is 0. The number of carbonyl (C=O) groups is 2. The molecule has 0 fully saturated rings. The van der Waals surface area contributed by atoms with Gasteiger partial charge in [-0.15, -0.1) is 0 Å². The molecule has 2 amide bonds. The van der Waals surface area contributed by atoms with E-state index >= 15 is 0 Å². The zero-order chi connectivity index (χ0) is 26.0. The van der Waals surface area contributed by atoms with Crippen molar-refractivity contribution in [1.29, 1.82) is 0 Å². The largest absolute Gasteiger partial charge is 0.419 e. The zero-order valence-corrected chi connectivity index (χ0v) is 20.3. The lowest BCUT2D eigenvalue weighted by molar-refractivity contribution is -0.140. The first-order chi connectivity index (χ1) is 17.0. The van der Waals surface area contributed by atoms with Gasteiger partial charge in [0.1, 0.15) is 5.82 Å². The lowest BCUT2D eigenvalue weighted by atomic mass is 9.96. The SMILES string of the molecule is O=C(Cc1cccc(C(F)(F)F)c1F)Nc1c(Cl)ccc2c1CCN(C(=O)Cc1ccc(Cl)cc1)C2. The molecule has 10 heteroatoms. The summed E-state index contributed by atoms with van der Waals surface area (Å²) in [6, 6.07) is 13.2. The second-order valence-electron chi connectivity index (χ2n) is 8.43. The fraction of sp³-hybridized carbons (Fsp3) is 0.231. The Morgan fingerprint density at radius 1 is 0.972 bits per heavy atom. The highest BCUT2D eigenvalue weighted by Crippen LogP contribution is 2.34. The molecule has 0 bridgehead atoms. The van der Waals surface area contributed by atoms with Crippen molar-refractivity contribution < 1.29 is 27.2 Å². The molecule has 0 radical (unpaired) electrons. The van der Waals surface area contributed by atoms with E-state index in [1.807, 2.05) is 0 Å². The first-order valence-electron chi connectivity index (χ1n) is 11.0. The highest BCUT2D eigenvalue weighted by molar-refractivity contribution is 6.34. The van der Waals surface area contributed by atoms with Crippen LogP contribution in [0.4, 0.5) is 23.2 Å². The van der Waals surface area contributed by atoms with Crippen molar-refractivity contribution >= 4 is 40.7 Å². The normalized spacial score (nSPS) is 13.3. The fourth-order valence-corrected chi connectivity index (χ4v) is 4.51. The van der Waals surface area contributed by atoms with Crippen LogP contribution in [0.2, 0.25) is 10.0 Å². The lowest BCUT2D eigenvalue weighted by Crippen LogP contribution is -2.37. The maximum Gasteiger partial charge on any atom is 0.419 e. The van der Waals surface area contributed by atoms with Gasteiger partial charge in [0.2, 0.25) is 11.8 Å². The molecule has 4 nitrogen and oxygen atoms in total. The Morgan fingerprint density at radius 2 is 1.69 bits per heavy atom. The molecule has 36 heavy (non-hydrogen) atoms. The second-order valence-corrected chi connectivity index (χ2v) is 9.27. The van der Waals surface area contributed by atoms with Crippen LogP contribution in [0.3, 0.4) is 0 Å². The summed E-state index contributed by atoms with van der Waals surface area (Å²) in [5.74, 6) is -2.25. The standard InChI is InChI=1S/C26H20Cl2F4N2O2/c27-18-7-4-15(5-8-18)12-23(36)34-11-10-19-17(14-34)6-9-21(28)25(19)33-22(35)13-16-2-1-3-20(24(16)29)26(30,31)32/h1-9H,10-14H2,(H,33,35). The predicted octanol–water partition coefficient (Wildman–Crippen LogP) is 6.46. The molecule has 0 saturated carbocycles. The number of alkyl halides is 3. The van der Waals surface area contributed by atoms with E-state index in [1.165, 1.54) is 0 Å².